The van der Waals surface area contributed by atoms with Crippen molar-refractivity contribution in [2.75, 3.05) is 39.6 Å². The van der Waals surface area contributed by atoms with Crippen LogP contribution in [0.5, 0.6) is 0 Å². The maximum Gasteiger partial charge on any atom is 0.472 e. The van der Waals surface area contributed by atoms with Gasteiger partial charge in [0, 0.05) is 19.3 Å². The van der Waals surface area contributed by atoms with Gasteiger partial charge in [0.1, 0.15) is 25.4 Å². The van der Waals surface area contributed by atoms with Crippen LogP contribution in [-0.4, -0.2) is 95.9 Å². The van der Waals surface area contributed by atoms with Gasteiger partial charge in [-0.2, -0.15) is 0 Å². The molecule has 113 heavy (non-hydrogen) atoms. The van der Waals surface area contributed by atoms with Crippen molar-refractivity contribution < 1.29 is 75.8 Å². The minimum Gasteiger partial charge on any atom is -0.463 e. The Morgan fingerprint density at radius 2 is 0.469 bits per heavy atom. The highest BCUT2D eigenvalue weighted by molar-refractivity contribution is 7.47. The maximum absolute atomic E-state index is 13.0. The third-order valence-electron chi connectivity index (χ3n) is 20.0. The Morgan fingerprint density at radius 1 is 0.257 bits per heavy atom. The fourth-order valence-electron chi connectivity index (χ4n) is 13.0. The smallest absolute Gasteiger partial charge is 0.463 e. The molecule has 0 rings (SSSR count). The third-order valence-corrected chi connectivity index (χ3v) is 21.9. The average molecular weight is 1630 g/mol. The van der Waals surface area contributed by atoms with Crippen LogP contribution in [0.2, 0.25) is 0 Å². The van der Waals surface area contributed by atoms with Crippen molar-refractivity contribution in [2.45, 2.75) is 437 Å². The number of phosphoric acid groups is 2. The van der Waals surface area contributed by atoms with Crippen LogP contribution in [0.25, 0.3) is 0 Å². The van der Waals surface area contributed by atoms with Gasteiger partial charge in [-0.05, 0) is 109 Å². The second-order valence-corrected chi connectivity index (χ2v) is 34.0. The molecule has 4 N–H and O–H groups in total. The first-order valence-electron chi connectivity index (χ1n) is 46.2. The highest BCUT2D eigenvalue weighted by Gasteiger charge is 2.29. The second kappa shape index (κ2) is 87.5. The van der Waals surface area contributed by atoms with E-state index < -0.39 is 91.5 Å². The SMILES string of the molecule is CC/C=C\C/C=C\C/C=C\C/C=C\C/C=C\CCCCCCCCCCCCCCCCCCCC(=O)OCC(O)COP(=O)(O)OCC(O)COP(=O)(O)OCC(COC(=O)CCCCCCCCCCCCCCCCCCC/C=C\C/C=C\C/C=C\C/C=C\CCCCC)OC(=O)CCCCCCCCCCCCC. The van der Waals surface area contributed by atoms with Gasteiger partial charge in [0.05, 0.1) is 26.4 Å². The van der Waals surface area contributed by atoms with E-state index in [1.165, 1.54) is 244 Å². The predicted molar refractivity (Wildman–Crippen MR) is 473 cm³/mol. The fraction of sp³-hybridized carbons (Fsp3) is 0.779. The van der Waals surface area contributed by atoms with E-state index in [-0.39, 0.29) is 19.3 Å². The van der Waals surface area contributed by atoms with Crippen LogP contribution in [0, 0.1) is 0 Å². The van der Waals surface area contributed by atoms with Gasteiger partial charge in [-0.3, -0.25) is 32.5 Å². The number of carbonyl (C=O) groups excluding carboxylic acids is 3. The van der Waals surface area contributed by atoms with E-state index in [1.54, 1.807) is 0 Å². The molecule has 0 bridgehead atoms. The lowest BCUT2D eigenvalue weighted by atomic mass is 10.0. The Morgan fingerprint density at radius 3 is 0.761 bits per heavy atom. The molecule has 0 aromatic heterocycles. The molecule has 0 amide bonds. The molecular formula is C95H170O16P2. The van der Waals surface area contributed by atoms with Crippen LogP contribution in [-0.2, 0) is 55.8 Å². The van der Waals surface area contributed by atoms with Crippen molar-refractivity contribution >= 4 is 33.6 Å². The summed E-state index contributed by atoms with van der Waals surface area (Å²) in [6.07, 6.45) is 106. The van der Waals surface area contributed by atoms with Gasteiger partial charge in [0.25, 0.3) is 0 Å². The molecule has 0 aliphatic rings. The summed E-state index contributed by atoms with van der Waals surface area (Å²) in [6, 6.07) is 0. The summed E-state index contributed by atoms with van der Waals surface area (Å²) in [7, 11) is -9.78. The molecule has 5 atom stereocenters. The number of ether oxygens (including phenoxy) is 3. The average Bonchev–Trinajstić information content (AvgIpc) is 0.902. The predicted octanol–water partition coefficient (Wildman–Crippen LogP) is 28.2. The van der Waals surface area contributed by atoms with Gasteiger partial charge < -0.3 is 34.2 Å². The number of carbonyl (C=O) groups is 3. The summed E-state index contributed by atoms with van der Waals surface area (Å²) in [6.45, 7) is 2.60. The van der Waals surface area contributed by atoms with Gasteiger partial charge in [0.2, 0.25) is 0 Å². The number of esters is 3. The number of hydrogen-bond acceptors (Lipinski definition) is 14. The Bertz CT molecular complexity index is 2490. The molecular weight excluding hydrogens is 1460 g/mol. The third kappa shape index (κ3) is 88.9. The Hall–Kier alpha value is -3.79. The first kappa shape index (κ1) is 109. The lowest BCUT2D eigenvalue weighted by molar-refractivity contribution is -0.161. The summed E-state index contributed by atoms with van der Waals surface area (Å²) in [5.41, 5.74) is 0. The van der Waals surface area contributed by atoms with E-state index in [0.29, 0.717) is 19.3 Å². The fourth-order valence-corrected chi connectivity index (χ4v) is 14.6. The molecule has 0 heterocycles. The molecule has 0 aliphatic carbocycles. The molecule has 656 valence electrons. The van der Waals surface area contributed by atoms with Crippen molar-refractivity contribution in [1.82, 2.24) is 0 Å². The van der Waals surface area contributed by atoms with E-state index in [4.69, 9.17) is 32.3 Å². The lowest BCUT2D eigenvalue weighted by Crippen LogP contribution is -2.30. The van der Waals surface area contributed by atoms with Gasteiger partial charge in [-0.15, -0.1) is 0 Å². The molecule has 0 saturated carbocycles. The first-order valence-corrected chi connectivity index (χ1v) is 49.2. The van der Waals surface area contributed by atoms with E-state index in [9.17, 15) is 43.5 Å². The molecule has 0 spiro atoms. The molecule has 5 unspecified atom stereocenters. The Labute approximate surface area is 691 Å². The molecule has 16 nitrogen and oxygen atoms in total. The number of hydrogen-bond donors (Lipinski definition) is 4. The highest BCUT2D eigenvalue weighted by Crippen LogP contribution is 2.45. The first-order chi connectivity index (χ1) is 55.2. The zero-order valence-electron chi connectivity index (χ0n) is 72.3. The van der Waals surface area contributed by atoms with Gasteiger partial charge >= 0.3 is 33.6 Å². The number of aliphatic hydroxyl groups is 2. The summed E-state index contributed by atoms with van der Waals surface area (Å²) in [5, 5.41) is 20.7. The number of unbranched alkanes of at least 4 members (excludes halogenated alkanes) is 47. The highest BCUT2D eigenvalue weighted by atomic mass is 31.2. The standard InChI is InChI=1S/C95H170O16P2/c1-4-7-10-13-16-19-22-24-26-28-30-32-34-36-38-40-42-44-46-48-50-52-54-56-58-60-62-64-67-69-72-75-78-81-93(98)105-84-90(96)85-107-112(101,102)108-86-91(97)87-109-113(103,104)110-89-92(111-95(100)83-80-77-74-71-66-21-18-15-12-9-6-3)88-106-94(99)82-79-76-73-70-68-65-63-61-59-57-55-53-51-49-47-45-43-41-39-37-35-33-31-29-27-25-23-20-17-14-11-8-5-2/h7,10,16-17,19-20,24-27,30-33,36-39,90-92,96-97H,4-6,8-9,11-15,18,21-23,28-29,34-35,40-89H2,1-3H3,(H,101,102)(H,103,104)/b10-7-,19-16-,20-17-,26-24-,27-25-,32-30-,33-31-,38-36-,39-37-. The monoisotopic (exact) mass is 1630 g/mol. The van der Waals surface area contributed by atoms with Crippen molar-refractivity contribution in [1.29, 1.82) is 0 Å². The molecule has 0 saturated heterocycles. The van der Waals surface area contributed by atoms with E-state index in [1.807, 2.05) is 0 Å². The molecule has 0 aliphatic heterocycles. The van der Waals surface area contributed by atoms with Crippen LogP contribution in [0.4, 0.5) is 0 Å². The van der Waals surface area contributed by atoms with Crippen molar-refractivity contribution in [3.05, 3.63) is 109 Å². The van der Waals surface area contributed by atoms with Crippen molar-refractivity contribution in [3.63, 3.8) is 0 Å². The van der Waals surface area contributed by atoms with E-state index in [0.717, 1.165) is 116 Å². The number of allylic oxidation sites excluding steroid dienone is 18. The molecule has 18 heteroatoms. The van der Waals surface area contributed by atoms with E-state index in [2.05, 4.69) is 130 Å². The topological polar surface area (TPSA) is 231 Å². The Kier molecular flexibility index (Phi) is 84.6. The number of rotatable bonds is 88. The van der Waals surface area contributed by atoms with Crippen LogP contribution in [0.1, 0.15) is 419 Å². The molecule has 0 aromatic carbocycles. The summed E-state index contributed by atoms with van der Waals surface area (Å²) in [5.74, 6) is -1.55. The summed E-state index contributed by atoms with van der Waals surface area (Å²) >= 11 is 0. The maximum atomic E-state index is 13.0. The molecule has 0 radical (unpaired) electrons. The van der Waals surface area contributed by atoms with Gasteiger partial charge in [-0.25, -0.2) is 9.13 Å². The molecule has 0 aromatic rings. The zero-order chi connectivity index (χ0) is 82.2. The van der Waals surface area contributed by atoms with Crippen LogP contribution < -0.4 is 0 Å². The van der Waals surface area contributed by atoms with Crippen molar-refractivity contribution in [3.8, 4) is 0 Å². The quantitative estimate of drug-likeness (QED) is 0.0146. The largest absolute Gasteiger partial charge is 0.472 e. The van der Waals surface area contributed by atoms with E-state index >= 15 is 0 Å². The molecule has 0 fully saturated rings. The van der Waals surface area contributed by atoms with Gasteiger partial charge in [0.15, 0.2) is 6.10 Å². The van der Waals surface area contributed by atoms with Crippen LogP contribution >= 0.6 is 15.6 Å². The number of aliphatic hydroxyl groups excluding tert-OH is 2. The van der Waals surface area contributed by atoms with Crippen molar-refractivity contribution in [2.24, 2.45) is 0 Å². The summed E-state index contributed by atoms with van der Waals surface area (Å²) in [4.78, 5) is 58.8. The van der Waals surface area contributed by atoms with Crippen LogP contribution in [0.3, 0.4) is 0 Å². The minimum atomic E-state index is -4.93. The number of phosphoric ester groups is 2. The second-order valence-electron chi connectivity index (χ2n) is 31.1. The van der Waals surface area contributed by atoms with Crippen LogP contribution in [0.15, 0.2) is 109 Å². The normalized spacial score (nSPS) is 14.3. The Balaban J connectivity index is 4.31. The zero-order valence-corrected chi connectivity index (χ0v) is 74.1. The summed E-state index contributed by atoms with van der Waals surface area (Å²) < 4.78 is 61.3. The van der Waals surface area contributed by atoms with Gasteiger partial charge in [-0.1, -0.05) is 400 Å². The minimum absolute atomic E-state index is 0.110. The lowest BCUT2D eigenvalue weighted by Gasteiger charge is -2.21.